The van der Waals surface area contributed by atoms with Gasteiger partial charge in [-0.25, -0.2) is 0 Å². The molecule has 2 saturated heterocycles. The second-order valence-electron chi connectivity index (χ2n) is 5.10. The zero-order valence-electron chi connectivity index (χ0n) is 10.5. The van der Waals surface area contributed by atoms with Crippen molar-refractivity contribution in [1.29, 1.82) is 0 Å². The van der Waals surface area contributed by atoms with Crippen LogP contribution in [0, 0.1) is 5.92 Å². The molecule has 2 aliphatic heterocycles. The highest BCUT2D eigenvalue weighted by Crippen LogP contribution is 2.15. The third-order valence-corrected chi connectivity index (χ3v) is 3.59. The Morgan fingerprint density at radius 3 is 2.67 bits per heavy atom. The van der Waals surface area contributed by atoms with E-state index >= 15 is 0 Å². The van der Waals surface area contributed by atoms with Crippen molar-refractivity contribution in [2.75, 3.05) is 6.54 Å². The topological polar surface area (TPSA) is 87.3 Å². The fraction of sp³-hybridized carbons (Fsp3) is 0.750. The first kappa shape index (κ1) is 13.0. The Bertz CT molecular complexity index is 362. The smallest absolute Gasteiger partial charge is 0.249 e. The Hall–Kier alpha value is -1.43. The lowest BCUT2D eigenvalue weighted by Gasteiger charge is -2.29. The number of imide groups is 1. The van der Waals surface area contributed by atoms with E-state index in [1.807, 2.05) is 0 Å². The van der Waals surface area contributed by atoms with Crippen molar-refractivity contribution in [2.24, 2.45) is 5.92 Å². The molecule has 3 N–H and O–H groups in total. The standard InChI is InChI=1S/C12H19N3O3/c1-7-2-3-8(6-13-7)11(17)14-9-4-5-10(16)15-12(9)18/h7-9,13H,2-6H2,1H3,(H,14,17)(H,15,16,18). The fourth-order valence-corrected chi connectivity index (χ4v) is 2.34. The highest BCUT2D eigenvalue weighted by Gasteiger charge is 2.31. The molecule has 2 aliphatic rings. The zero-order chi connectivity index (χ0) is 13.1. The lowest BCUT2D eigenvalue weighted by atomic mass is 9.94. The molecule has 6 nitrogen and oxygen atoms in total. The van der Waals surface area contributed by atoms with Gasteiger partial charge in [-0.1, -0.05) is 0 Å². The van der Waals surface area contributed by atoms with Gasteiger partial charge >= 0.3 is 0 Å². The van der Waals surface area contributed by atoms with E-state index in [1.54, 1.807) is 0 Å². The summed E-state index contributed by atoms with van der Waals surface area (Å²) in [6.45, 7) is 2.74. The Morgan fingerprint density at radius 2 is 2.06 bits per heavy atom. The minimum atomic E-state index is -0.561. The predicted molar refractivity (Wildman–Crippen MR) is 64.5 cm³/mol. The summed E-state index contributed by atoms with van der Waals surface area (Å²) in [4.78, 5) is 34.5. The van der Waals surface area contributed by atoms with Crippen molar-refractivity contribution in [3.63, 3.8) is 0 Å². The summed E-state index contributed by atoms with van der Waals surface area (Å²) in [6, 6.07) is -0.112. The molecular weight excluding hydrogens is 234 g/mol. The predicted octanol–water partition coefficient (Wildman–Crippen LogP) is -0.704. The Morgan fingerprint density at radius 1 is 1.28 bits per heavy atom. The maximum Gasteiger partial charge on any atom is 0.249 e. The summed E-state index contributed by atoms with van der Waals surface area (Å²) in [7, 11) is 0. The van der Waals surface area contributed by atoms with Crippen LogP contribution in [0.25, 0.3) is 0 Å². The average Bonchev–Trinajstić information content (AvgIpc) is 2.33. The summed E-state index contributed by atoms with van der Waals surface area (Å²) in [6.07, 6.45) is 2.49. The molecule has 0 spiro atoms. The van der Waals surface area contributed by atoms with Gasteiger partial charge in [0, 0.05) is 19.0 Å². The minimum absolute atomic E-state index is 0.0772. The molecule has 18 heavy (non-hydrogen) atoms. The van der Waals surface area contributed by atoms with Crippen LogP contribution in [0.4, 0.5) is 0 Å². The van der Waals surface area contributed by atoms with Gasteiger partial charge in [0.1, 0.15) is 6.04 Å². The highest BCUT2D eigenvalue weighted by atomic mass is 16.2. The molecule has 0 bridgehead atoms. The van der Waals surface area contributed by atoms with E-state index in [0.29, 0.717) is 19.0 Å². The van der Waals surface area contributed by atoms with E-state index in [2.05, 4.69) is 22.9 Å². The summed E-state index contributed by atoms with van der Waals surface area (Å²) >= 11 is 0. The largest absolute Gasteiger partial charge is 0.344 e. The van der Waals surface area contributed by atoms with Crippen molar-refractivity contribution in [1.82, 2.24) is 16.0 Å². The third kappa shape index (κ3) is 3.07. The molecule has 6 heteroatoms. The first-order chi connectivity index (χ1) is 8.56. The van der Waals surface area contributed by atoms with Crippen molar-refractivity contribution < 1.29 is 14.4 Å². The van der Waals surface area contributed by atoms with Crippen molar-refractivity contribution in [3.8, 4) is 0 Å². The van der Waals surface area contributed by atoms with Gasteiger partial charge in [-0.3, -0.25) is 19.7 Å². The van der Waals surface area contributed by atoms with Gasteiger partial charge in [0.25, 0.3) is 0 Å². The number of hydrogen-bond donors (Lipinski definition) is 3. The molecule has 2 fully saturated rings. The van der Waals surface area contributed by atoms with E-state index in [9.17, 15) is 14.4 Å². The molecule has 2 rings (SSSR count). The number of nitrogens with one attached hydrogen (secondary N) is 3. The van der Waals surface area contributed by atoms with Crippen LogP contribution in [0.3, 0.4) is 0 Å². The number of amides is 3. The van der Waals surface area contributed by atoms with Crippen LogP contribution in [0.1, 0.15) is 32.6 Å². The van der Waals surface area contributed by atoms with Gasteiger partial charge in [0.05, 0.1) is 5.92 Å². The number of carbonyl (C=O) groups excluding carboxylic acids is 3. The summed E-state index contributed by atoms with van der Waals surface area (Å²) in [5.74, 6) is -0.828. The van der Waals surface area contributed by atoms with Crippen LogP contribution in [0.2, 0.25) is 0 Å². The SMILES string of the molecule is CC1CCC(C(=O)NC2CCC(=O)NC2=O)CN1. The van der Waals surface area contributed by atoms with Gasteiger partial charge in [0.2, 0.25) is 17.7 Å². The normalized spacial score (nSPS) is 32.8. The summed E-state index contributed by atoms with van der Waals surface area (Å²) in [5.41, 5.74) is 0. The van der Waals surface area contributed by atoms with Gasteiger partial charge in [-0.2, -0.15) is 0 Å². The van der Waals surface area contributed by atoms with Crippen molar-refractivity contribution >= 4 is 17.7 Å². The van der Waals surface area contributed by atoms with E-state index in [1.165, 1.54) is 0 Å². The maximum atomic E-state index is 12.0. The lowest BCUT2D eigenvalue weighted by Crippen LogP contribution is -2.54. The Kier molecular flexibility index (Phi) is 3.96. The van der Waals surface area contributed by atoms with Crippen LogP contribution < -0.4 is 16.0 Å². The highest BCUT2D eigenvalue weighted by molar-refractivity contribution is 6.01. The van der Waals surface area contributed by atoms with E-state index in [0.717, 1.165) is 12.8 Å². The molecule has 2 heterocycles. The third-order valence-electron chi connectivity index (χ3n) is 3.59. The maximum absolute atomic E-state index is 12.0. The molecule has 0 aromatic heterocycles. The molecule has 0 aliphatic carbocycles. The van der Waals surface area contributed by atoms with Crippen LogP contribution in [-0.2, 0) is 14.4 Å². The first-order valence-electron chi connectivity index (χ1n) is 6.43. The molecular formula is C12H19N3O3. The van der Waals surface area contributed by atoms with E-state index < -0.39 is 11.9 Å². The Labute approximate surface area is 106 Å². The molecule has 3 atom stereocenters. The van der Waals surface area contributed by atoms with Crippen LogP contribution in [0.5, 0.6) is 0 Å². The fourth-order valence-electron chi connectivity index (χ4n) is 2.34. The second-order valence-corrected chi connectivity index (χ2v) is 5.10. The van der Waals surface area contributed by atoms with Crippen molar-refractivity contribution in [3.05, 3.63) is 0 Å². The van der Waals surface area contributed by atoms with Crippen LogP contribution in [0.15, 0.2) is 0 Å². The first-order valence-corrected chi connectivity index (χ1v) is 6.43. The molecule has 3 amide bonds. The van der Waals surface area contributed by atoms with Crippen LogP contribution in [-0.4, -0.2) is 36.3 Å². The molecule has 0 radical (unpaired) electrons. The summed E-state index contributed by atoms with van der Waals surface area (Å²) in [5, 5.41) is 8.22. The van der Waals surface area contributed by atoms with Gasteiger partial charge in [0.15, 0.2) is 0 Å². The van der Waals surface area contributed by atoms with Crippen molar-refractivity contribution in [2.45, 2.75) is 44.7 Å². The molecule has 0 aromatic carbocycles. The van der Waals surface area contributed by atoms with E-state index in [-0.39, 0.29) is 24.2 Å². The number of rotatable bonds is 2. The van der Waals surface area contributed by atoms with Crippen LogP contribution >= 0.6 is 0 Å². The number of carbonyl (C=O) groups is 3. The lowest BCUT2D eigenvalue weighted by molar-refractivity contribution is -0.138. The molecule has 0 aromatic rings. The number of hydrogen-bond acceptors (Lipinski definition) is 4. The van der Waals surface area contributed by atoms with Gasteiger partial charge < -0.3 is 10.6 Å². The minimum Gasteiger partial charge on any atom is -0.344 e. The Balaban J connectivity index is 1.84. The van der Waals surface area contributed by atoms with Gasteiger partial charge in [-0.05, 0) is 26.2 Å². The number of piperidine rings is 2. The quantitative estimate of drug-likeness (QED) is 0.568. The van der Waals surface area contributed by atoms with Gasteiger partial charge in [-0.15, -0.1) is 0 Å². The second kappa shape index (κ2) is 5.48. The monoisotopic (exact) mass is 253 g/mol. The average molecular weight is 253 g/mol. The summed E-state index contributed by atoms with van der Waals surface area (Å²) < 4.78 is 0. The molecule has 100 valence electrons. The molecule has 3 unspecified atom stereocenters. The zero-order valence-corrected chi connectivity index (χ0v) is 10.5. The molecule has 0 saturated carbocycles. The van der Waals surface area contributed by atoms with E-state index in [4.69, 9.17) is 0 Å².